The van der Waals surface area contributed by atoms with Crippen LogP contribution in [0.4, 0.5) is 8.78 Å². The minimum atomic E-state index is -4.21. The average molecular weight is 281 g/mol. The molecule has 0 aliphatic carbocycles. The van der Waals surface area contributed by atoms with Crippen molar-refractivity contribution >= 4 is 25.8 Å². The first kappa shape index (κ1) is 14.1. The summed E-state index contributed by atoms with van der Waals surface area (Å²) in [6.45, 7) is 3.74. The van der Waals surface area contributed by atoms with Crippen molar-refractivity contribution in [3.63, 3.8) is 0 Å². The fourth-order valence-corrected chi connectivity index (χ4v) is 2.07. The molecule has 0 fully saturated rings. The SMILES string of the molecule is CC(C)/C=C/c1cc(S(=O)(=O)Cl)c(F)cc1F. The molecule has 0 radical (unpaired) electrons. The number of benzene rings is 1. The van der Waals surface area contributed by atoms with Crippen LogP contribution in [0.3, 0.4) is 0 Å². The van der Waals surface area contributed by atoms with Crippen molar-refractivity contribution in [1.29, 1.82) is 0 Å². The molecule has 2 nitrogen and oxygen atoms in total. The van der Waals surface area contributed by atoms with Gasteiger partial charge in [-0.05, 0) is 12.0 Å². The summed E-state index contributed by atoms with van der Waals surface area (Å²) in [6, 6.07) is 1.39. The molecule has 0 unspecified atom stereocenters. The van der Waals surface area contributed by atoms with Crippen molar-refractivity contribution in [2.75, 3.05) is 0 Å². The van der Waals surface area contributed by atoms with Crippen molar-refractivity contribution in [3.05, 3.63) is 35.4 Å². The normalized spacial score (nSPS) is 12.6. The Morgan fingerprint density at radius 3 is 2.29 bits per heavy atom. The van der Waals surface area contributed by atoms with Gasteiger partial charge in [0.05, 0.1) is 0 Å². The van der Waals surface area contributed by atoms with E-state index in [0.29, 0.717) is 6.07 Å². The lowest BCUT2D eigenvalue weighted by molar-refractivity contribution is 0.552. The lowest BCUT2D eigenvalue weighted by Gasteiger charge is -2.03. The van der Waals surface area contributed by atoms with Crippen LogP contribution >= 0.6 is 10.7 Å². The van der Waals surface area contributed by atoms with Gasteiger partial charge in [0.2, 0.25) is 0 Å². The second-order valence-corrected chi connectivity index (χ2v) is 6.38. The van der Waals surface area contributed by atoms with Gasteiger partial charge in [-0.2, -0.15) is 0 Å². The van der Waals surface area contributed by atoms with Gasteiger partial charge in [-0.3, -0.25) is 0 Å². The third-order valence-corrected chi connectivity index (χ3v) is 3.31. The third-order valence-electron chi connectivity index (χ3n) is 1.97. The summed E-state index contributed by atoms with van der Waals surface area (Å²) < 4.78 is 48.6. The van der Waals surface area contributed by atoms with E-state index >= 15 is 0 Å². The Morgan fingerprint density at radius 1 is 1.24 bits per heavy atom. The van der Waals surface area contributed by atoms with Gasteiger partial charge in [-0.25, -0.2) is 17.2 Å². The van der Waals surface area contributed by atoms with Gasteiger partial charge in [0.15, 0.2) is 0 Å². The first-order valence-electron chi connectivity index (χ1n) is 4.83. The summed E-state index contributed by atoms with van der Waals surface area (Å²) in [5, 5.41) is 0. The molecule has 0 amide bonds. The molecule has 1 aromatic carbocycles. The number of halogens is 3. The van der Waals surface area contributed by atoms with Crippen LogP contribution in [0, 0.1) is 17.6 Å². The minimum absolute atomic E-state index is 0.0145. The maximum Gasteiger partial charge on any atom is 0.264 e. The average Bonchev–Trinajstić information content (AvgIpc) is 2.13. The van der Waals surface area contributed by atoms with Crippen molar-refractivity contribution < 1.29 is 17.2 Å². The molecule has 0 bridgehead atoms. The molecule has 94 valence electrons. The van der Waals surface area contributed by atoms with E-state index in [4.69, 9.17) is 10.7 Å². The highest BCUT2D eigenvalue weighted by molar-refractivity contribution is 8.13. The van der Waals surface area contributed by atoms with Gasteiger partial charge in [-0.15, -0.1) is 0 Å². The molecule has 1 aromatic rings. The second-order valence-electron chi connectivity index (χ2n) is 3.85. The Kier molecular flexibility index (Phi) is 4.27. The first-order chi connectivity index (χ1) is 7.71. The van der Waals surface area contributed by atoms with Gasteiger partial charge in [0.1, 0.15) is 16.5 Å². The molecule has 0 saturated heterocycles. The molecule has 0 spiro atoms. The number of rotatable bonds is 3. The zero-order valence-electron chi connectivity index (χ0n) is 9.25. The van der Waals surface area contributed by atoms with Crippen LogP contribution < -0.4 is 0 Å². The van der Waals surface area contributed by atoms with Crippen molar-refractivity contribution in [2.24, 2.45) is 5.92 Å². The predicted octanol–water partition coefficient (Wildman–Crippen LogP) is 3.56. The Morgan fingerprint density at radius 2 is 1.82 bits per heavy atom. The number of allylic oxidation sites excluding steroid dienone is 1. The molecule has 0 aliphatic heterocycles. The summed E-state index contributed by atoms with van der Waals surface area (Å²) in [4.78, 5) is -0.719. The van der Waals surface area contributed by atoms with E-state index in [2.05, 4.69) is 0 Å². The molecule has 6 heteroatoms. The highest BCUT2D eigenvalue weighted by atomic mass is 35.7. The Hall–Kier alpha value is -0.940. The van der Waals surface area contributed by atoms with Gasteiger partial charge < -0.3 is 0 Å². The Bertz CT molecular complexity index is 551. The molecule has 0 saturated carbocycles. The first-order valence-corrected chi connectivity index (χ1v) is 7.14. The quantitative estimate of drug-likeness (QED) is 0.793. The van der Waals surface area contributed by atoms with Crippen molar-refractivity contribution in [2.45, 2.75) is 18.7 Å². The lowest BCUT2D eigenvalue weighted by Crippen LogP contribution is -1.98. The molecular formula is C11H11ClF2O2S. The molecule has 0 atom stereocenters. The zero-order chi connectivity index (χ0) is 13.2. The van der Waals surface area contributed by atoms with E-state index in [1.807, 2.05) is 13.8 Å². The lowest BCUT2D eigenvalue weighted by atomic mass is 10.1. The van der Waals surface area contributed by atoms with E-state index in [9.17, 15) is 17.2 Å². The summed E-state index contributed by atoms with van der Waals surface area (Å²) in [5.74, 6) is -1.86. The van der Waals surface area contributed by atoms with Crippen LogP contribution in [0.5, 0.6) is 0 Å². The monoisotopic (exact) mass is 280 g/mol. The summed E-state index contributed by atoms with van der Waals surface area (Å²) in [6.07, 6.45) is 3.06. The number of hydrogen-bond acceptors (Lipinski definition) is 2. The van der Waals surface area contributed by atoms with E-state index in [0.717, 1.165) is 6.07 Å². The molecule has 0 aliphatic rings. The van der Waals surface area contributed by atoms with Crippen LogP contribution in [0.25, 0.3) is 6.08 Å². The maximum absolute atomic E-state index is 13.3. The third kappa shape index (κ3) is 3.78. The van der Waals surface area contributed by atoms with E-state index in [-0.39, 0.29) is 11.5 Å². The zero-order valence-corrected chi connectivity index (χ0v) is 10.8. The molecular weight excluding hydrogens is 270 g/mol. The van der Waals surface area contributed by atoms with E-state index < -0.39 is 25.6 Å². The molecule has 0 aromatic heterocycles. The molecule has 0 N–H and O–H groups in total. The van der Waals surface area contributed by atoms with Crippen LogP contribution in [-0.4, -0.2) is 8.42 Å². The van der Waals surface area contributed by atoms with Gasteiger partial charge in [0.25, 0.3) is 9.05 Å². The Labute approximate surface area is 103 Å². The summed E-state index contributed by atoms with van der Waals surface area (Å²) >= 11 is 0. The van der Waals surface area contributed by atoms with Gasteiger partial charge >= 0.3 is 0 Å². The largest absolute Gasteiger partial charge is 0.264 e. The summed E-state index contributed by atoms with van der Waals surface area (Å²) in [7, 11) is 0.822. The topological polar surface area (TPSA) is 34.1 Å². The maximum atomic E-state index is 13.3. The molecule has 17 heavy (non-hydrogen) atoms. The van der Waals surface area contributed by atoms with Crippen molar-refractivity contribution in [1.82, 2.24) is 0 Å². The van der Waals surface area contributed by atoms with Gasteiger partial charge in [0, 0.05) is 22.3 Å². The molecule has 0 heterocycles. The highest BCUT2D eigenvalue weighted by Gasteiger charge is 2.18. The van der Waals surface area contributed by atoms with E-state index in [1.165, 1.54) is 6.08 Å². The highest BCUT2D eigenvalue weighted by Crippen LogP contribution is 2.23. The van der Waals surface area contributed by atoms with E-state index in [1.54, 1.807) is 6.08 Å². The van der Waals surface area contributed by atoms with Gasteiger partial charge in [-0.1, -0.05) is 26.0 Å². The smallest absolute Gasteiger partial charge is 0.207 e. The standard InChI is InChI=1S/C11H11ClF2O2S/c1-7(2)3-4-8-5-11(17(12,15)16)10(14)6-9(8)13/h3-7H,1-2H3/b4-3+. The second kappa shape index (κ2) is 5.14. The minimum Gasteiger partial charge on any atom is -0.207 e. The summed E-state index contributed by atoms with van der Waals surface area (Å²) in [5.41, 5.74) is -0.0145. The van der Waals surface area contributed by atoms with Crippen LogP contribution in [-0.2, 0) is 9.05 Å². The van der Waals surface area contributed by atoms with Crippen LogP contribution in [0.1, 0.15) is 19.4 Å². The number of hydrogen-bond donors (Lipinski definition) is 0. The van der Waals surface area contributed by atoms with Crippen LogP contribution in [0.2, 0.25) is 0 Å². The fraction of sp³-hybridized carbons (Fsp3) is 0.273. The fourth-order valence-electron chi connectivity index (χ4n) is 1.16. The predicted molar refractivity (Wildman–Crippen MR) is 63.3 cm³/mol. The van der Waals surface area contributed by atoms with Crippen molar-refractivity contribution in [3.8, 4) is 0 Å². The van der Waals surface area contributed by atoms with Crippen LogP contribution in [0.15, 0.2) is 23.1 Å². The Balaban J connectivity index is 3.35. The molecule has 1 rings (SSSR count).